The highest BCUT2D eigenvalue weighted by molar-refractivity contribution is 6.10. The Balaban J connectivity index is 2.37. The standard InChI is InChI=1S/C18H20N2O6/c1-19(2)7-8-20(17(25)11-3-5-13(21)15(23)9-11)18(26)12-4-6-14(22)16(24)10-12/h3-6,9-10,21-24H,7-8H2,1-2H3. The predicted octanol–water partition coefficient (Wildman–Crippen LogP) is 1.35. The van der Waals surface area contributed by atoms with Gasteiger partial charge in [-0.2, -0.15) is 0 Å². The average Bonchev–Trinajstić information content (AvgIpc) is 2.59. The minimum atomic E-state index is -0.667. The van der Waals surface area contributed by atoms with E-state index < -0.39 is 23.3 Å². The van der Waals surface area contributed by atoms with Crippen LogP contribution in [0.2, 0.25) is 0 Å². The number of nitrogens with zero attached hydrogens (tertiary/aromatic N) is 2. The molecule has 0 saturated heterocycles. The molecule has 0 atom stereocenters. The number of carbonyl (C=O) groups is 2. The number of rotatable bonds is 5. The van der Waals surface area contributed by atoms with E-state index in [9.17, 15) is 30.0 Å². The van der Waals surface area contributed by atoms with E-state index in [1.54, 1.807) is 19.0 Å². The number of carbonyl (C=O) groups excluding carboxylic acids is 2. The molecule has 0 spiro atoms. The molecule has 0 unspecified atom stereocenters. The maximum Gasteiger partial charge on any atom is 0.260 e. The summed E-state index contributed by atoms with van der Waals surface area (Å²) in [6.07, 6.45) is 0. The van der Waals surface area contributed by atoms with Gasteiger partial charge in [0.05, 0.1) is 0 Å². The molecule has 0 aromatic heterocycles. The number of imide groups is 1. The van der Waals surface area contributed by atoms with Crippen LogP contribution in [0.15, 0.2) is 36.4 Å². The van der Waals surface area contributed by atoms with Gasteiger partial charge in [-0.3, -0.25) is 14.5 Å². The Bertz CT molecular complexity index is 771. The summed E-state index contributed by atoms with van der Waals surface area (Å²) in [4.78, 5) is 28.3. The van der Waals surface area contributed by atoms with Crippen molar-refractivity contribution < 1.29 is 30.0 Å². The highest BCUT2D eigenvalue weighted by Gasteiger charge is 2.25. The van der Waals surface area contributed by atoms with Crippen LogP contribution in [-0.2, 0) is 0 Å². The first kappa shape index (κ1) is 19.1. The third-order valence-corrected chi connectivity index (χ3v) is 3.71. The van der Waals surface area contributed by atoms with Crippen LogP contribution in [0.4, 0.5) is 0 Å². The zero-order valence-electron chi connectivity index (χ0n) is 14.4. The number of phenols is 4. The molecule has 2 aromatic carbocycles. The molecule has 2 amide bonds. The third kappa shape index (κ3) is 4.22. The van der Waals surface area contributed by atoms with Crippen LogP contribution in [0.3, 0.4) is 0 Å². The number of likely N-dealkylation sites (N-methyl/N-ethyl adjacent to an activating group) is 1. The Morgan fingerprint density at radius 3 is 1.50 bits per heavy atom. The Hall–Kier alpha value is -3.26. The fourth-order valence-electron chi connectivity index (χ4n) is 2.22. The van der Waals surface area contributed by atoms with Crippen molar-refractivity contribution >= 4 is 11.8 Å². The van der Waals surface area contributed by atoms with Crippen LogP contribution in [0.5, 0.6) is 23.0 Å². The quantitative estimate of drug-likeness (QED) is 0.469. The van der Waals surface area contributed by atoms with Crippen molar-refractivity contribution in [3.63, 3.8) is 0 Å². The summed E-state index contributed by atoms with van der Waals surface area (Å²) in [7, 11) is 3.57. The molecule has 0 saturated carbocycles. The van der Waals surface area contributed by atoms with Crippen molar-refractivity contribution in [2.45, 2.75) is 0 Å². The van der Waals surface area contributed by atoms with E-state index >= 15 is 0 Å². The fourth-order valence-corrected chi connectivity index (χ4v) is 2.22. The van der Waals surface area contributed by atoms with Crippen LogP contribution in [0.1, 0.15) is 20.7 Å². The number of benzene rings is 2. The molecule has 2 aromatic rings. The lowest BCUT2D eigenvalue weighted by molar-refractivity contribution is 0.0606. The highest BCUT2D eigenvalue weighted by Crippen LogP contribution is 2.27. The Kier molecular flexibility index (Phi) is 5.68. The first-order valence-corrected chi connectivity index (χ1v) is 7.75. The number of hydrogen-bond donors (Lipinski definition) is 4. The minimum Gasteiger partial charge on any atom is -0.504 e. The van der Waals surface area contributed by atoms with Gasteiger partial charge in [0, 0.05) is 24.2 Å². The number of hydrogen-bond acceptors (Lipinski definition) is 7. The molecule has 2 rings (SSSR count). The van der Waals surface area contributed by atoms with Crippen LogP contribution in [-0.4, -0.2) is 69.2 Å². The summed E-state index contributed by atoms with van der Waals surface area (Å²) in [5.41, 5.74) is 0.0470. The lowest BCUT2D eigenvalue weighted by Gasteiger charge is -2.23. The van der Waals surface area contributed by atoms with Gasteiger partial charge >= 0.3 is 0 Å². The first-order valence-electron chi connectivity index (χ1n) is 7.75. The molecule has 0 aliphatic rings. The Labute approximate surface area is 150 Å². The SMILES string of the molecule is CN(C)CCN(C(=O)c1ccc(O)c(O)c1)C(=O)c1ccc(O)c(O)c1. The zero-order chi connectivity index (χ0) is 19.4. The summed E-state index contributed by atoms with van der Waals surface area (Å²) in [5.74, 6) is -3.04. The fraction of sp³-hybridized carbons (Fsp3) is 0.222. The molecule has 0 heterocycles. The van der Waals surface area contributed by atoms with Crippen LogP contribution < -0.4 is 0 Å². The van der Waals surface area contributed by atoms with Gasteiger partial charge in [-0.1, -0.05) is 0 Å². The average molecular weight is 360 g/mol. The summed E-state index contributed by atoms with van der Waals surface area (Å²) in [5, 5.41) is 38.0. The molecule has 0 fully saturated rings. The number of aromatic hydroxyl groups is 4. The number of phenolic OH excluding ortho intramolecular Hbond substituents is 4. The largest absolute Gasteiger partial charge is 0.504 e. The van der Waals surface area contributed by atoms with E-state index in [-0.39, 0.29) is 29.2 Å². The van der Waals surface area contributed by atoms with Crippen LogP contribution >= 0.6 is 0 Å². The maximum absolute atomic E-state index is 12.8. The van der Waals surface area contributed by atoms with Crippen molar-refractivity contribution in [3.8, 4) is 23.0 Å². The summed E-state index contributed by atoms with van der Waals surface area (Å²) < 4.78 is 0. The zero-order valence-corrected chi connectivity index (χ0v) is 14.4. The summed E-state index contributed by atoms with van der Waals surface area (Å²) in [6.45, 7) is 0.458. The molecule has 8 nitrogen and oxygen atoms in total. The smallest absolute Gasteiger partial charge is 0.260 e. The van der Waals surface area contributed by atoms with E-state index in [2.05, 4.69) is 0 Å². The van der Waals surface area contributed by atoms with Crippen molar-refractivity contribution in [2.24, 2.45) is 0 Å². The van der Waals surface area contributed by atoms with Crippen LogP contribution in [0, 0.1) is 0 Å². The van der Waals surface area contributed by atoms with Crippen LogP contribution in [0.25, 0.3) is 0 Å². The first-order chi connectivity index (χ1) is 12.2. The Morgan fingerprint density at radius 1 is 0.731 bits per heavy atom. The van der Waals surface area contributed by atoms with Gasteiger partial charge in [0.2, 0.25) is 0 Å². The summed E-state index contributed by atoms with van der Waals surface area (Å²) >= 11 is 0. The van der Waals surface area contributed by atoms with Gasteiger partial charge in [-0.15, -0.1) is 0 Å². The second-order valence-electron chi connectivity index (χ2n) is 5.97. The van der Waals surface area contributed by atoms with Crippen molar-refractivity contribution in [3.05, 3.63) is 47.5 Å². The lowest BCUT2D eigenvalue weighted by atomic mass is 10.1. The van der Waals surface area contributed by atoms with E-state index in [1.165, 1.54) is 12.1 Å². The third-order valence-electron chi connectivity index (χ3n) is 3.71. The molecule has 0 aliphatic heterocycles. The molecule has 4 N–H and O–H groups in total. The topological polar surface area (TPSA) is 122 Å². The molecule has 0 aliphatic carbocycles. The monoisotopic (exact) mass is 360 g/mol. The van der Waals surface area contributed by atoms with Gasteiger partial charge < -0.3 is 25.3 Å². The molecular weight excluding hydrogens is 340 g/mol. The highest BCUT2D eigenvalue weighted by atomic mass is 16.3. The van der Waals surface area contributed by atoms with E-state index in [0.717, 1.165) is 29.2 Å². The lowest BCUT2D eigenvalue weighted by Crippen LogP contribution is -2.41. The second kappa shape index (κ2) is 7.75. The molecule has 8 heteroatoms. The van der Waals surface area contributed by atoms with Crippen molar-refractivity contribution in [2.75, 3.05) is 27.2 Å². The minimum absolute atomic E-state index is 0.0235. The van der Waals surface area contributed by atoms with Gasteiger partial charge in [-0.25, -0.2) is 0 Å². The van der Waals surface area contributed by atoms with Crippen molar-refractivity contribution in [1.29, 1.82) is 0 Å². The predicted molar refractivity (Wildman–Crippen MR) is 93.5 cm³/mol. The second-order valence-corrected chi connectivity index (χ2v) is 5.97. The molecule has 26 heavy (non-hydrogen) atoms. The Morgan fingerprint density at radius 2 is 1.15 bits per heavy atom. The normalized spacial score (nSPS) is 10.7. The van der Waals surface area contributed by atoms with Gasteiger partial charge in [0.15, 0.2) is 23.0 Å². The van der Waals surface area contributed by atoms with E-state index in [4.69, 9.17) is 0 Å². The van der Waals surface area contributed by atoms with E-state index in [1.807, 2.05) is 0 Å². The molecule has 138 valence electrons. The maximum atomic E-state index is 12.8. The van der Waals surface area contributed by atoms with Gasteiger partial charge in [-0.05, 0) is 50.5 Å². The molecule has 0 radical (unpaired) electrons. The molecule has 0 bridgehead atoms. The van der Waals surface area contributed by atoms with E-state index in [0.29, 0.717) is 6.54 Å². The molecular formula is C18H20N2O6. The van der Waals surface area contributed by atoms with Crippen molar-refractivity contribution in [1.82, 2.24) is 9.80 Å². The number of amides is 2. The van der Waals surface area contributed by atoms with Gasteiger partial charge in [0.25, 0.3) is 11.8 Å². The summed E-state index contributed by atoms with van der Waals surface area (Å²) in [6, 6.07) is 7.04. The van der Waals surface area contributed by atoms with Gasteiger partial charge in [0.1, 0.15) is 0 Å².